The van der Waals surface area contributed by atoms with Gasteiger partial charge in [-0.1, -0.05) is 48.5 Å². The molecule has 0 fully saturated rings. The monoisotopic (exact) mass is 437 g/mol. The van der Waals surface area contributed by atoms with E-state index < -0.39 is 5.56 Å². The van der Waals surface area contributed by atoms with E-state index in [1.807, 2.05) is 36.4 Å². The van der Waals surface area contributed by atoms with Gasteiger partial charge in [0, 0.05) is 11.1 Å². The van der Waals surface area contributed by atoms with Gasteiger partial charge < -0.3 is 9.84 Å². The Labute approximate surface area is 189 Å². The molecule has 0 aliphatic rings. The zero-order valence-corrected chi connectivity index (χ0v) is 17.6. The average molecular weight is 437 g/mol. The number of nitriles is 1. The van der Waals surface area contributed by atoms with Crippen molar-refractivity contribution in [2.75, 3.05) is 12.5 Å². The molecular weight excluding hydrogens is 418 g/mol. The molecule has 0 saturated carbocycles. The Morgan fingerprint density at radius 1 is 1.06 bits per heavy atom. The summed E-state index contributed by atoms with van der Waals surface area (Å²) in [5.74, 6) is 0.867. The molecular formula is C25H19N5O3. The number of anilines is 1. The van der Waals surface area contributed by atoms with Gasteiger partial charge in [-0.25, -0.2) is 10.4 Å². The Hall–Kier alpha value is -4.90. The normalized spacial score (nSPS) is 10.7. The molecule has 0 aliphatic heterocycles. The number of phenolic OH excluding ortho intramolecular Hbond substituents is 1. The summed E-state index contributed by atoms with van der Waals surface area (Å²) in [6, 6.07) is 23.6. The minimum Gasteiger partial charge on any atom is -0.507 e. The molecule has 0 radical (unpaired) electrons. The van der Waals surface area contributed by atoms with E-state index in [1.165, 1.54) is 6.21 Å². The molecule has 33 heavy (non-hydrogen) atoms. The number of hydrogen-bond acceptors (Lipinski definition) is 7. The van der Waals surface area contributed by atoms with Crippen LogP contribution in [0.25, 0.3) is 22.4 Å². The van der Waals surface area contributed by atoms with Crippen molar-refractivity contribution in [3.8, 4) is 40.0 Å². The summed E-state index contributed by atoms with van der Waals surface area (Å²) in [6.45, 7) is 0. The Kier molecular flexibility index (Phi) is 6.14. The Morgan fingerprint density at radius 3 is 2.48 bits per heavy atom. The summed E-state index contributed by atoms with van der Waals surface area (Å²) < 4.78 is 5.18. The Morgan fingerprint density at radius 2 is 1.79 bits per heavy atom. The van der Waals surface area contributed by atoms with Crippen molar-refractivity contribution in [3.05, 3.63) is 94.3 Å². The molecule has 0 amide bonds. The number of hydrazone groups is 1. The fourth-order valence-electron chi connectivity index (χ4n) is 3.22. The number of ether oxygens (including phenoxy) is 1. The topological polar surface area (TPSA) is 123 Å². The van der Waals surface area contributed by atoms with Crippen LogP contribution in [0.1, 0.15) is 11.1 Å². The van der Waals surface area contributed by atoms with E-state index in [1.54, 1.807) is 49.6 Å². The van der Waals surface area contributed by atoms with Crippen molar-refractivity contribution >= 4 is 12.2 Å². The van der Waals surface area contributed by atoms with E-state index in [2.05, 4.69) is 20.5 Å². The predicted molar refractivity (Wildman–Crippen MR) is 126 cm³/mol. The van der Waals surface area contributed by atoms with Crippen molar-refractivity contribution in [1.29, 1.82) is 5.26 Å². The molecule has 3 aromatic carbocycles. The molecule has 8 heteroatoms. The Bertz CT molecular complexity index is 1410. The molecule has 0 bridgehead atoms. The van der Waals surface area contributed by atoms with Crippen molar-refractivity contribution in [2.45, 2.75) is 0 Å². The highest BCUT2D eigenvalue weighted by molar-refractivity contribution is 5.86. The third kappa shape index (κ3) is 4.73. The lowest BCUT2D eigenvalue weighted by Crippen LogP contribution is -2.16. The van der Waals surface area contributed by atoms with Crippen LogP contribution in [0.4, 0.5) is 5.95 Å². The number of aromatic amines is 1. The maximum absolute atomic E-state index is 12.3. The van der Waals surface area contributed by atoms with E-state index >= 15 is 0 Å². The third-order valence-corrected chi connectivity index (χ3v) is 4.90. The second-order valence-electron chi connectivity index (χ2n) is 6.99. The third-order valence-electron chi connectivity index (χ3n) is 4.90. The fourth-order valence-corrected chi connectivity index (χ4v) is 3.22. The smallest absolute Gasteiger partial charge is 0.270 e. The van der Waals surface area contributed by atoms with Crippen LogP contribution >= 0.6 is 0 Å². The van der Waals surface area contributed by atoms with Crippen LogP contribution in [0.2, 0.25) is 0 Å². The standard InChI is InChI=1S/C25H19N5O3/c1-33-20-10-7-16(8-11-20)18-9-12-22(31)19(13-18)15-27-30-25-28-23(17-5-3-2-4-6-17)21(14-26)24(32)29-25/h2-13,15,31H,1H3,(H2,28,29,30,32). The zero-order valence-electron chi connectivity index (χ0n) is 17.6. The average Bonchev–Trinajstić information content (AvgIpc) is 2.85. The van der Waals surface area contributed by atoms with Crippen LogP contribution < -0.4 is 15.7 Å². The minimum absolute atomic E-state index is 0.0454. The first-order chi connectivity index (χ1) is 16.1. The van der Waals surface area contributed by atoms with Crippen LogP contribution in [-0.4, -0.2) is 28.4 Å². The molecule has 0 saturated heterocycles. The maximum atomic E-state index is 12.3. The van der Waals surface area contributed by atoms with Gasteiger partial charge in [-0.2, -0.15) is 10.4 Å². The summed E-state index contributed by atoms with van der Waals surface area (Å²) in [7, 11) is 1.61. The van der Waals surface area contributed by atoms with Crippen molar-refractivity contribution < 1.29 is 9.84 Å². The van der Waals surface area contributed by atoms with Crippen LogP contribution in [0.15, 0.2) is 82.7 Å². The lowest BCUT2D eigenvalue weighted by molar-refractivity contribution is 0.415. The number of nitrogens with zero attached hydrogens (tertiary/aromatic N) is 3. The predicted octanol–water partition coefficient (Wildman–Crippen LogP) is 4.14. The molecule has 162 valence electrons. The first-order valence-corrected chi connectivity index (χ1v) is 9.95. The number of phenols is 1. The number of rotatable bonds is 6. The molecule has 4 aromatic rings. The summed E-state index contributed by atoms with van der Waals surface area (Å²) in [6.07, 6.45) is 1.42. The van der Waals surface area contributed by atoms with Crippen molar-refractivity contribution in [2.24, 2.45) is 5.10 Å². The second-order valence-corrected chi connectivity index (χ2v) is 6.99. The van der Waals surface area contributed by atoms with E-state index in [0.717, 1.165) is 16.9 Å². The van der Waals surface area contributed by atoms with Gasteiger partial charge in [0.15, 0.2) is 0 Å². The Balaban J connectivity index is 1.60. The van der Waals surface area contributed by atoms with Gasteiger partial charge in [0.1, 0.15) is 23.1 Å². The summed E-state index contributed by atoms with van der Waals surface area (Å²) in [4.78, 5) is 19.2. The molecule has 0 aliphatic carbocycles. The van der Waals surface area contributed by atoms with E-state index in [0.29, 0.717) is 11.1 Å². The first-order valence-electron chi connectivity index (χ1n) is 9.95. The summed E-state index contributed by atoms with van der Waals surface area (Å²) >= 11 is 0. The van der Waals surface area contributed by atoms with Crippen LogP contribution in [0.3, 0.4) is 0 Å². The molecule has 4 rings (SSSR count). The van der Waals surface area contributed by atoms with E-state index in [9.17, 15) is 15.2 Å². The molecule has 1 heterocycles. The van der Waals surface area contributed by atoms with Gasteiger partial charge in [-0.05, 0) is 35.4 Å². The van der Waals surface area contributed by atoms with Gasteiger partial charge in [0.05, 0.1) is 19.0 Å². The molecule has 0 unspecified atom stereocenters. The van der Waals surface area contributed by atoms with E-state index in [4.69, 9.17) is 4.74 Å². The fraction of sp³-hybridized carbons (Fsp3) is 0.0400. The molecule has 0 spiro atoms. The number of hydrogen-bond donors (Lipinski definition) is 3. The number of methoxy groups -OCH3 is 1. The highest BCUT2D eigenvalue weighted by Crippen LogP contribution is 2.26. The number of H-pyrrole nitrogens is 1. The van der Waals surface area contributed by atoms with Gasteiger partial charge in [-0.15, -0.1) is 0 Å². The minimum atomic E-state index is -0.576. The zero-order chi connectivity index (χ0) is 23.2. The van der Waals surface area contributed by atoms with Crippen LogP contribution in [0, 0.1) is 11.3 Å². The largest absolute Gasteiger partial charge is 0.507 e. The van der Waals surface area contributed by atoms with Gasteiger partial charge in [0.25, 0.3) is 5.56 Å². The molecule has 1 aromatic heterocycles. The maximum Gasteiger partial charge on any atom is 0.270 e. The van der Waals surface area contributed by atoms with Gasteiger partial charge in [0.2, 0.25) is 5.95 Å². The van der Waals surface area contributed by atoms with Crippen molar-refractivity contribution in [3.63, 3.8) is 0 Å². The van der Waals surface area contributed by atoms with Gasteiger partial charge >= 0.3 is 0 Å². The first kappa shape index (κ1) is 21.3. The SMILES string of the molecule is COc1ccc(-c2ccc(O)c(C=NNc3nc(-c4ccccc4)c(C#N)c(=O)[nH]3)c2)cc1. The quantitative estimate of drug-likeness (QED) is 0.308. The molecule has 3 N–H and O–H groups in total. The van der Waals surface area contributed by atoms with Crippen molar-refractivity contribution in [1.82, 2.24) is 9.97 Å². The number of nitrogens with one attached hydrogen (secondary N) is 2. The lowest BCUT2D eigenvalue weighted by atomic mass is 10.0. The highest BCUT2D eigenvalue weighted by atomic mass is 16.5. The lowest BCUT2D eigenvalue weighted by Gasteiger charge is -2.07. The number of benzene rings is 3. The number of aromatic hydroxyl groups is 1. The van der Waals surface area contributed by atoms with E-state index in [-0.39, 0.29) is 23.0 Å². The second kappa shape index (κ2) is 9.49. The summed E-state index contributed by atoms with van der Waals surface area (Å²) in [5.41, 5.74) is 5.19. The highest BCUT2D eigenvalue weighted by Gasteiger charge is 2.13. The van der Waals surface area contributed by atoms with Gasteiger partial charge in [-0.3, -0.25) is 9.78 Å². The summed E-state index contributed by atoms with van der Waals surface area (Å²) in [5, 5.41) is 23.7. The number of aromatic nitrogens is 2. The van der Waals surface area contributed by atoms with Crippen LogP contribution in [0.5, 0.6) is 11.5 Å². The molecule has 8 nitrogen and oxygen atoms in total. The molecule has 0 atom stereocenters. The van der Waals surface area contributed by atoms with Crippen LogP contribution in [-0.2, 0) is 0 Å².